The number of nitrogens with one attached hydrogen (secondary N) is 1. The molecule has 0 aromatic heterocycles. The average Bonchev–Trinajstić information content (AvgIpc) is 2.35. The molecule has 0 bridgehead atoms. The predicted octanol–water partition coefficient (Wildman–Crippen LogP) is 0.635. The number of methoxy groups -OCH3 is 1. The van der Waals surface area contributed by atoms with Gasteiger partial charge in [-0.25, -0.2) is 8.78 Å². The maximum absolute atomic E-state index is 12.8. The molecule has 1 rings (SSSR count). The van der Waals surface area contributed by atoms with Crippen LogP contribution in [-0.2, 0) is 0 Å². The fourth-order valence-electron chi connectivity index (χ4n) is 1.32. The van der Waals surface area contributed by atoms with Crippen LogP contribution in [0.2, 0.25) is 0 Å². The van der Waals surface area contributed by atoms with Crippen molar-refractivity contribution in [2.24, 2.45) is 0 Å². The van der Waals surface area contributed by atoms with Crippen LogP contribution >= 0.6 is 0 Å². The van der Waals surface area contributed by atoms with Crippen molar-refractivity contribution in [2.75, 3.05) is 26.0 Å². The van der Waals surface area contributed by atoms with Crippen LogP contribution in [0.4, 0.5) is 14.5 Å². The molecule has 1 amide bonds. The van der Waals surface area contributed by atoms with Crippen molar-refractivity contribution in [3.8, 4) is 5.75 Å². The number of anilines is 1. The lowest BCUT2D eigenvalue weighted by Crippen LogP contribution is -2.39. The van der Waals surface area contributed by atoms with E-state index >= 15 is 0 Å². The molecule has 0 fully saturated rings. The molecular formula is C11H14F2N2O3. The fraction of sp³-hybridized carbons (Fsp3) is 0.364. The summed E-state index contributed by atoms with van der Waals surface area (Å²) in [5.74, 6) is -3.97. The number of hydrogen-bond acceptors (Lipinski definition) is 4. The number of aliphatic hydroxyl groups excluding tert-OH is 1. The van der Waals surface area contributed by atoms with Gasteiger partial charge in [-0.1, -0.05) is 6.07 Å². The molecule has 1 aromatic rings. The largest absolute Gasteiger partial charge is 0.494 e. The summed E-state index contributed by atoms with van der Waals surface area (Å²) in [5.41, 5.74) is 5.88. The third-order valence-corrected chi connectivity index (χ3v) is 2.23. The van der Waals surface area contributed by atoms with Crippen LogP contribution in [0.25, 0.3) is 0 Å². The lowest BCUT2D eigenvalue weighted by Gasteiger charge is -2.15. The number of para-hydroxylation sites is 1. The first-order chi connectivity index (χ1) is 8.41. The topological polar surface area (TPSA) is 84.6 Å². The molecule has 4 N–H and O–H groups in total. The van der Waals surface area contributed by atoms with E-state index in [1.165, 1.54) is 25.3 Å². The zero-order chi connectivity index (χ0) is 13.8. The molecule has 5 nitrogen and oxygen atoms in total. The summed E-state index contributed by atoms with van der Waals surface area (Å²) in [6, 6.07) is 4.44. The molecule has 0 atom stereocenters. The number of nitrogen functional groups attached to an aromatic ring is 1. The summed E-state index contributed by atoms with van der Waals surface area (Å²) in [6.45, 7) is -2.29. The van der Waals surface area contributed by atoms with E-state index in [0.717, 1.165) is 0 Å². The number of rotatable bonds is 5. The highest BCUT2D eigenvalue weighted by Gasteiger charge is 2.28. The summed E-state index contributed by atoms with van der Waals surface area (Å²) >= 11 is 0. The standard InChI is InChI=1S/C11H14F2N2O3/c1-18-9-7(3-2-4-8(9)14)10(17)15-5-11(12,13)6-16/h2-4,16H,5-6,14H2,1H3,(H,15,17). The third-order valence-electron chi connectivity index (χ3n) is 2.23. The summed E-state index contributed by atoms with van der Waals surface area (Å²) in [4.78, 5) is 11.7. The van der Waals surface area contributed by atoms with Gasteiger partial charge in [0.15, 0.2) is 5.75 Å². The van der Waals surface area contributed by atoms with Crippen LogP contribution in [0.3, 0.4) is 0 Å². The SMILES string of the molecule is COc1c(N)cccc1C(=O)NCC(F)(F)CO. The molecule has 0 spiro atoms. The normalized spacial score (nSPS) is 11.1. The van der Waals surface area contributed by atoms with Gasteiger partial charge in [-0.2, -0.15) is 0 Å². The highest BCUT2D eigenvalue weighted by atomic mass is 19.3. The van der Waals surface area contributed by atoms with Gasteiger partial charge >= 0.3 is 0 Å². The van der Waals surface area contributed by atoms with Crippen LogP contribution in [-0.4, -0.2) is 37.2 Å². The lowest BCUT2D eigenvalue weighted by atomic mass is 10.1. The Morgan fingerprint density at radius 3 is 2.78 bits per heavy atom. The molecule has 0 saturated carbocycles. The number of carbonyl (C=O) groups excluding carboxylic acids is 1. The first-order valence-electron chi connectivity index (χ1n) is 5.10. The van der Waals surface area contributed by atoms with E-state index in [2.05, 4.69) is 0 Å². The quantitative estimate of drug-likeness (QED) is 0.678. The second-order valence-electron chi connectivity index (χ2n) is 3.62. The van der Waals surface area contributed by atoms with E-state index in [9.17, 15) is 13.6 Å². The lowest BCUT2D eigenvalue weighted by molar-refractivity contribution is -0.0462. The maximum Gasteiger partial charge on any atom is 0.287 e. The van der Waals surface area contributed by atoms with Crippen molar-refractivity contribution in [3.05, 3.63) is 23.8 Å². The van der Waals surface area contributed by atoms with Crippen molar-refractivity contribution in [3.63, 3.8) is 0 Å². The number of aliphatic hydroxyl groups is 1. The van der Waals surface area contributed by atoms with Gasteiger partial charge in [0, 0.05) is 0 Å². The molecule has 0 aliphatic carbocycles. The van der Waals surface area contributed by atoms with Crippen molar-refractivity contribution in [1.29, 1.82) is 0 Å². The summed E-state index contributed by atoms with van der Waals surface area (Å²) in [5, 5.41) is 10.4. The van der Waals surface area contributed by atoms with Gasteiger partial charge in [-0.3, -0.25) is 4.79 Å². The average molecular weight is 260 g/mol. The Kier molecular flexibility index (Phi) is 4.43. The first-order valence-corrected chi connectivity index (χ1v) is 5.10. The molecule has 0 radical (unpaired) electrons. The molecule has 18 heavy (non-hydrogen) atoms. The number of carbonyl (C=O) groups is 1. The van der Waals surface area contributed by atoms with E-state index in [1.807, 2.05) is 5.32 Å². The van der Waals surface area contributed by atoms with E-state index in [4.69, 9.17) is 15.6 Å². The van der Waals surface area contributed by atoms with Crippen LogP contribution in [0.1, 0.15) is 10.4 Å². The minimum absolute atomic E-state index is 0.0613. The number of benzene rings is 1. The smallest absolute Gasteiger partial charge is 0.287 e. The first kappa shape index (κ1) is 14.2. The second-order valence-corrected chi connectivity index (χ2v) is 3.62. The summed E-state index contributed by atoms with van der Waals surface area (Å²) in [6.07, 6.45) is 0. The van der Waals surface area contributed by atoms with Crippen LogP contribution in [0.15, 0.2) is 18.2 Å². The minimum atomic E-state index is -3.36. The third kappa shape index (κ3) is 3.30. The molecule has 0 aliphatic rings. The summed E-state index contributed by atoms with van der Waals surface area (Å²) in [7, 11) is 1.32. The Labute approximate surface area is 103 Å². The second kappa shape index (κ2) is 5.63. The Bertz CT molecular complexity index is 438. The maximum atomic E-state index is 12.8. The molecule has 0 heterocycles. The fourth-order valence-corrected chi connectivity index (χ4v) is 1.32. The number of ether oxygens (including phenoxy) is 1. The van der Waals surface area contributed by atoms with Crippen LogP contribution in [0.5, 0.6) is 5.75 Å². The van der Waals surface area contributed by atoms with Crippen LogP contribution < -0.4 is 15.8 Å². The van der Waals surface area contributed by atoms with Crippen molar-refractivity contribution >= 4 is 11.6 Å². The number of halogens is 2. The number of amides is 1. The van der Waals surface area contributed by atoms with Gasteiger partial charge in [0.25, 0.3) is 11.8 Å². The highest BCUT2D eigenvalue weighted by molar-refractivity contribution is 5.98. The summed E-state index contributed by atoms with van der Waals surface area (Å²) < 4.78 is 30.5. The van der Waals surface area contributed by atoms with Gasteiger partial charge in [0.05, 0.1) is 24.9 Å². The number of alkyl halides is 2. The number of nitrogens with two attached hydrogens (primary N) is 1. The Morgan fingerprint density at radius 1 is 1.56 bits per heavy atom. The monoisotopic (exact) mass is 260 g/mol. The Balaban J connectivity index is 2.82. The zero-order valence-corrected chi connectivity index (χ0v) is 9.74. The van der Waals surface area contributed by atoms with Gasteiger partial charge in [-0.05, 0) is 12.1 Å². The number of hydrogen-bond donors (Lipinski definition) is 3. The van der Waals surface area contributed by atoms with Crippen molar-refractivity contribution in [2.45, 2.75) is 5.92 Å². The van der Waals surface area contributed by atoms with Gasteiger partial charge in [-0.15, -0.1) is 0 Å². The predicted molar refractivity (Wildman–Crippen MR) is 61.8 cm³/mol. The van der Waals surface area contributed by atoms with Crippen LogP contribution in [0, 0.1) is 0 Å². The van der Waals surface area contributed by atoms with Crippen molar-refractivity contribution in [1.82, 2.24) is 5.32 Å². The molecule has 100 valence electrons. The molecule has 1 aromatic carbocycles. The molecule has 7 heteroatoms. The van der Waals surface area contributed by atoms with Gasteiger partial charge in [0.2, 0.25) is 0 Å². The minimum Gasteiger partial charge on any atom is -0.494 e. The molecule has 0 unspecified atom stereocenters. The van der Waals surface area contributed by atoms with E-state index in [-0.39, 0.29) is 17.0 Å². The van der Waals surface area contributed by atoms with E-state index in [0.29, 0.717) is 0 Å². The molecule has 0 aliphatic heterocycles. The molecule has 0 saturated heterocycles. The Hall–Kier alpha value is -1.89. The van der Waals surface area contributed by atoms with Gasteiger partial charge in [0.1, 0.15) is 6.61 Å². The van der Waals surface area contributed by atoms with Crippen molar-refractivity contribution < 1.29 is 23.4 Å². The Morgan fingerprint density at radius 2 is 2.22 bits per heavy atom. The highest BCUT2D eigenvalue weighted by Crippen LogP contribution is 2.25. The molecular weight excluding hydrogens is 246 g/mol. The van der Waals surface area contributed by atoms with E-state index < -0.39 is 25.0 Å². The zero-order valence-electron chi connectivity index (χ0n) is 9.74. The van der Waals surface area contributed by atoms with E-state index in [1.54, 1.807) is 0 Å². The van der Waals surface area contributed by atoms with Gasteiger partial charge < -0.3 is 20.9 Å².